The first kappa shape index (κ1) is 15.7. The number of hydrogen-bond acceptors (Lipinski definition) is 4. The van der Waals surface area contributed by atoms with E-state index in [2.05, 4.69) is 9.80 Å². The second kappa shape index (κ2) is 7.40. The molecule has 3 aliphatic heterocycles. The van der Waals surface area contributed by atoms with E-state index in [1.165, 1.54) is 64.8 Å². The minimum Gasteiger partial charge on any atom is -0.381 e. The third-order valence-electron chi connectivity index (χ3n) is 6.01. The van der Waals surface area contributed by atoms with Gasteiger partial charge in [0.1, 0.15) is 0 Å². The lowest BCUT2D eigenvalue weighted by atomic mass is 9.79. The minimum absolute atomic E-state index is 0.330. The number of hydrogen-bond donors (Lipinski definition) is 1. The molecule has 4 heteroatoms. The maximum atomic E-state index is 6.11. The number of piperidine rings is 2. The average Bonchev–Trinajstić information content (AvgIpc) is 2.57. The molecule has 0 aliphatic carbocycles. The van der Waals surface area contributed by atoms with Gasteiger partial charge in [-0.1, -0.05) is 6.42 Å². The Kier molecular flexibility index (Phi) is 5.54. The zero-order valence-corrected chi connectivity index (χ0v) is 13.6. The molecule has 4 nitrogen and oxygen atoms in total. The zero-order chi connectivity index (χ0) is 14.5. The Bertz CT molecular complexity index is 303. The SMILES string of the molecule is NCC1(CN2CCC(N3CCCCC3)CC2)CCOCC1. The van der Waals surface area contributed by atoms with Crippen LogP contribution in [-0.2, 0) is 4.74 Å². The van der Waals surface area contributed by atoms with E-state index in [0.29, 0.717) is 5.41 Å². The van der Waals surface area contributed by atoms with Crippen molar-refractivity contribution in [3.8, 4) is 0 Å². The van der Waals surface area contributed by atoms with E-state index in [0.717, 1.165) is 38.6 Å². The smallest absolute Gasteiger partial charge is 0.0472 e. The quantitative estimate of drug-likeness (QED) is 0.857. The Balaban J connectivity index is 1.46. The summed E-state index contributed by atoms with van der Waals surface area (Å²) in [7, 11) is 0. The summed E-state index contributed by atoms with van der Waals surface area (Å²) in [5.41, 5.74) is 6.44. The van der Waals surface area contributed by atoms with Gasteiger partial charge in [0.25, 0.3) is 0 Å². The lowest BCUT2D eigenvalue weighted by molar-refractivity contribution is -0.00904. The van der Waals surface area contributed by atoms with Crippen LogP contribution in [0.25, 0.3) is 0 Å². The molecule has 0 aromatic heterocycles. The highest BCUT2D eigenvalue weighted by Gasteiger charge is 2.35. The number of rotatable bonds is 4. The Morgan fingerprint density at radius 3 is 2.24 bits per heavy atom. The molecule has 0 atom stereocenters. The molecule has 0 radical (unpaired) electrons. The van der Waals surface area contributed by atoms with Crippen molar-refractivity contribution in [2.75, 3.05) is 52.5 Å². The Morgan fingerprint density at radius 1 is 0.952 bits per heavy atom. The average molecular weight is 295 g/mol. The highest BCUT2D eigenvalue weighted by molar-refractivity contribution is 4.89. The molecule has 122 valence electrons. The minimum atomic E-state index is 0.330. The first-order chi connectivity index (χ1) is 10.3. The van der Waals surface area contributed by atoms with Crippen LogP contribution in [0.5, 0.6) is 0 Å². The van der Waals surface area contributed by atoms with Gasteiger partial charge in [-0.3, -0.25) is 0 Å². The van der Waals surface area contributed by atoms with Gasteiger partial charge >= 0.3 is 0 Å². The maximum Gasteiger partial charge on any atom is 0.0472 e. The van der Waals surface area contributed by atoms with Crippen molar-refractivity contribution in [3.05, 3.63) is 0 Å². The number of nitrogens with two attached hydrogens (primary N) is 1. The third-order valence-corrected chi connectivity index (χ3v) is 6.01. The molecule has 2 N–H and O–H groups in total. The van der Waals surface area contributed by atoms with Crippen LogP contribution in [0.4, 0.5) is 0 Å². The van der Waals surface area contributed by atoms with Gasteiger partial charge in [0.2, 0.25) is 0 Å². The molecule has 0 bridgehead atoms. The van der Waals surface area contributed by atoms with Crippen LogP contribution in [-0.4, -0.2) is 68.3 Å². The molecule has 0 saturated carbocycles. The summed E-state index contributed by atoms with van der Waals surface area (Å²) >= 11 is 0. The topological polar surface area (TPSA) is 41.7 Å². The van der Waals surface area contributed by atoms with Crippen molar-refractivity contribution in [3.63, 3.8) is 0 Å². The highest BCUT2D eigenvalue weighted by Crippen LogP contribution is 2.32. The van der Waals surface area contributed by atoms with Crippen molar-refractivity contribution in [1.82, 2.24) is 9.80 Å². The largest absolute Gasteiger partial charge is 0.381 e. The number of likely N-dealkylation sites (tertiary alicyclic amines) is 2. The van der Waals surface area contributed by atoms with Gasteiger partial charge in [-0.25, -0.2) is 0 Å². The molecular weight excluding hydrogens is 262 g/mol. The van der Waals surface area contributed by atoms with E-state index in [1.807, 2.05) is 0 Å². The predicted octanol–water partition coefficient (Wildman–Crippen LogP) is 1.69. The van der Waals surface area contributed by atoms with Gasteiger partial charge in [-0.05, 0) is 76.7 Å². The van der Waals surface area contributed by atoms with Crippen LogP contribution >= 0.6 is 0 Å². The molecule has 3 heterocycles. The number of nitrogens with zero attached hydrogens (tertiary/aromatic N) is 2. The monoisotopic (exact) mass is 295 g/mol. The predicted molar refractivity (Wildman–Crippen MR) is 86.4 cm³/mol. The van der Waals surface area contributed by atoms with Gasteiger partial charge < -0.3 is 20.3 Å². The molecule has 3 aliphatic rings. The Hall–Kier alpha value is -0.160. The lowest BCUT2D eigenvalue weighted by Gasteiger charge is -2.44. The van der Waals surface area contributed by atoms with Crippen LogP contribution in [0, 0.1) is 5.41 Å². The summed E-state index contributed by atoms with van der Waals surface area (Å²) in [6, 6.07) is 0.852. The summed E-state index contributed by atoms with van der Waals surface area (Å²) in [5, 5.41) is 0. The van der Waals surface area contributed by atoms with Gasteiger partial charge in [0, 0.05) is 25.8 Å². The molecule has 0 aromatic carbocycles. The van der Waals surface area contributed by atoms with Crippen LogP contribution in [0.15, 0.2) is 0 Å². The van der Waals surface area contributed by atoms with E-state index in [1.54, 1.807) is 0 Å². The van der Waals surface area contributed by atoms with Crippen molar-refractivity contribution in [2.24, 2.45) is 11.1 Å². The molecule has 3 saturated heterocycles. The summed E-state index contributed by atoms with van der Waals surface area (Å²) in [6.45, 7) is 9.04. The fourth-order valence-electron chi connectivity index (χ4n) is 4.43. The van der Waals surface area contributed by atoms with Crippen molar-refractivity contribution >= 4 is 0 Å². The molecule has 0 aromatic rings. The third kappa shape index (κ3) is 3.98. The van der Waals surface area contributed by atoms with E-state index < -0.39 is 0 Å². The number of ether oxygens (including phenoxy) is 1. The second-order valence-corrected chi connectivity index (χ2v) is 7.42. The van der Waals surface area contributed by atoms with Crippen LogP contribution in [0.1, 0.15) is 44.9 Å². The van der Waals surface area contributed by atoms with Crippen molar-refractivity contribution in [1.29, 1.82) is 0 Å². The second-order valence-electron chi connectivity index (χ2n) is 7.42. The Morgan fingerprint density at radius 2 is 1.62 bits per heavy atom. The molecule has 0 spiro atoms. The van der Waals surface area contributed by atoms with Crippen LogP contribution in [0.2, 0.25) is 0 Å². The van der Waals surface area contributed by atoms with Crippen molar-refractivity contribution < 1.29 is 4.74 Å². The summed E-state index contributed by atoms with van der Waals surface area (Å²) in [6.07, 6.45) is 9.28. The first-order valence-electron chi connectivity index (χ1n) is 9.06. The maximum absolute atomic E-state index is 6.11. The lowest BCUT2D eigenvalue weighted by Crippen LogP contribution is -2.51. The van der Waals surface area contributed by atoms with E-state index in [-0.39, 0.29) is 0 Å². The Labute approximate surface area is 130 Å². The molecule has 0 amide bonds. The highest BCUT2D eigenvalue weighted by atomic mass is 16.5. The first-order valence-corrected chi connectivity index (χ1v) is 9.06. The fraction of sp³-hybridized carbons (Fsp3) is 1.00. The molecule has 0 unspecified atom stereocenters. The van der Waals surface area contributed by atoms with E-state index in [9.17, 15) is 0 Å². The summed E-state index contributed by atoms with van der Waals surface area (Å²) in [5.74, 6) is 0. The summed E-state index contributed by atoms with van der Waals surface area (Å²) < 4.78 is 5.53. The van der Waals surface area contributed by atoms with E-state index in [4.69, 9.17) is 10.5 Å². The molecular formula is C17H33N3O. The zero-order valence-electron chi connectivity index (χ0n) is 13.6. The van der Waals surface area contributed by atoms with E-state index >= 15 is 0 Å². The fourth-order valence-corrected chi connectivity index (χ4v) is 4.43. The van der Waals surface area contributed by atoms with Gasteiger partial charge in [0.05, 0.1) is 0 Å². The van der Waals surface area contributed by atoms with Gasteiger partial charge in [-0.2, -0.15) is 0 Å². The van der Waals surface area contributed by atoms with Gasteiger partial charge in [0.15, 0.2) is 0 Å². The normalized spacial score (nSPS) is 29.6. The van der Waals surface area contributed by atoms with Crippen LogP contribution in [0.3, 0.4) is 0 Å². The van der Waals surface area contributed by atoms with Gasteiger partial charge in [-0.15, -0.1) is 0 Å². The van der Waals surface area contributed by atoms with Crippen LogP contribution < -0.4 is 5.73 Å². The summed E-state index contributed by atoms with van der Waals surface area (Å²) in [4.78, 5) is 5.44. The molecule has 21 heavy (non-hydrogen) atoms. The molecule has 3 rings (SSSR count). The van der Waals surface area contributed by atoms with Crippen molar-refractivity contribution in [2.45, 2.75) is 51.0 Å². The standard InChI is InChI=1S/C17H33N3O/c18-14-17(6-12-21-13-7-17)15-19-10-4-16(5-11-19)20-8-2-1-3-9-20/h16H,1-15,18H2. The molecule has 3 fully saturated rings.